The number of anilines is 2. The molecule has 2 heterocycles. The summed E-state index contributed by atoms with van der Waals surface area (Å²) in [5.74, 6) is 0. The third-order valence-electron chi connectivity index (χ3n) is 12.0. The second-order valence-corrected chi connectivity index (χ2v) is 20.0. The molecule has 0 N–H and O–H groups in total. The summed E-state index contributed by atoms with van der Waals surface area (Å²) in [6.07, 6.45) is 1.96. The van der Waals surface area contributed by atoms with E-state index in [4.69, 9.17) is 0 Å². The minimum atomic E-state index is -4.27. The number of rotatable bonds is 8. The fraction of sp³-hybridized carbons (Fsp3) is 0.119. The van der Waals surface area contributed by atoms with Gasteiger partial charge in [0, 0.05) is 75.0 Å². The van der Waals surface area contributed by atoms with Crippen LogP contribution in [0.15, 0.2) is 223 Å². The molecule has 12 heteroatoms. The van der Waals surface area contributed by atoms with E-state index >= 15 is 0 Å². The molecular formula is C59H56N4O6S2. The highest BCUT2D eigenvalue weighted by Gasteiger charge is 2.21. The number of allylic oxidation sites excluding steroid dienone is 1. The average Bonchev–Trinajstić information content (AvgIpc) is 3.37. The molecule has 10 nitrogen and oxygen atoms in total. The second-order valence-electron chi connectivity index (χ2n) is 17.2. The first-order chi connectivity index (χ1) is 34.0. The third kappa shape index (κ3) is 12.0. The highest BCUT2D eigenvalue weighted by molar-refractivity contribution is 7.86. The van der Waals surface area contributed by atoms with Crippen molar-refractivity contribution in [2.24, 2.45) is 7.05 Å². The summed E-state index contributed by atoms with van der Waals surface area (Å²) in [5.41, 5.74) is 13.4. The van der Waals surface area contributed by atoms with E-state index in [0.29, 0.717) is 0 Å². The molecule has 0 bridgehead atoms. The number of para-hydroxylation sites is 4. The zero-order chi connectivity index (χ0) is 50.9. The van der Waals surface area contributed by atoms with Crippen LogP contribution in [0.3, 0.4) is 0 Å². The minimum Gasteiger partial charge on any atom is -0.744 e. The van der Waals surface area contributed by atoms with Crippen molar-refractivity contribution in [2.75, 3.05) is 38.0 Å². The number of hydrogen-bond donors (Lipinski definition) is 0. The predicted octanol–water partition coefficient (Wildman–Crippen LogP) is 11.2. The van der Waals surface area contributed by atoms with Gasteiger partial charge in [0.1, 0.15) is 27.3 Å². The zero-order valence-electron chi connectivity index (χ0n) is 40.6. The number of hydrogen-bond acceptors (Lipinski definition) is 8. The summed E-state index contributed by atoms with van der Waals surface area (Å²) in [6, 6.07) is 65.2. The first-order valence-corrected chi connectivity index (χ1v) is 25.6. The normalized spacial score (nSPS) is 11.2. The van der Waals surface area contributed by atoms with Gasteiger partial charge in [0.25, 0.3) is 0 Å². The smallest absolute Gasteiger partial charge is 0.213 e. The molecule has 0 aliphatic carbocycles. The number of nitrogens with zero attached hydrogens (tertiary/aromatic N) is 4. The lowest BCUT2D eigenvalue weighted by Crippen LogP contribution is -2.34. The van der Waals surface area contributed by atoms with Crippen molar-refractivity contribution in [3.05, 3.63) is 218 Å². The standard InChI is InChI=1S/C24H23N2.C22H21N2.C7H8O3S.C6H6O3S/c1-4-17-26-22-11-7-5-9-20(22)24(21-10-6-8-12-23(21)26)18-13-15-19(16-14-18)25(2)3;1-23(2)17-14-12-16(13-15-17)22-18-8-4-6-10-20(18)24(3)21-11-7-5-9-19(21)22;1-6-2-4-7(5-3-6)11(8,9)10;7-10(8,9)6-4-2-1-3-5-6/h4-16H,1,17H2,2-3H3;4-15H,1-3H3;2-5H,1H3,(H,8,9,10);1-5H,(H,7,8,9)/q2*+1;;/p-2. The van der Waals surface area contributed by atoms with Crippen molar-refractivity contribution in [3.63, 3.8) is 0 Å². The van der Waals surface area contributed by atoms with E-state index in [1.807, 2.05) is 13.0 Å². The van der Waals surface area contributed by atoms with Crippen molar-refractivity contribution in [1.29, 1.82) is 0 Å². The summed E-state index contributed by atoms with van der Waals surface area (Å²) >= 11 is 0. The summed E-state index contributed by atoms with van der Waals surface area (Å²) in [6.45, 7) is 6.56. The first kappa shape index (κ1) is 51.1. The topological polar surface area (TPSA) is 129 Å². The Labute approximate surface area is 417 Å². The van der Waals surface area contributed by atoms with E-state index in [0.717, 1.165) is 12.1 Å². The van der Waals surface area contributed by atoms with E-state index in [1.165, 1.54) is 114 Å². The van der Waals surface area contributed by atoms with Crippen molar-refractivity contribution in [2.45, 2.75) is 23.3 Å². The molecule has 0 fully saturated rings. The van der Waals surface area contributed by atoms with Crippen LogP contribution in [-0.4, -0.2) is 54.1 Å². The van der Waals surface area contributed by atoms with Crippen LogP contribution in [0.5, 0.6) is 0 Å². The monoisotopic (exact) mass is 980 g/mol. The molecule has 0 aliphatic rings. The maximum Gasteiger partial charge on any atom is 0.213 e. The van der Waals surface area contributed by atoms with Crippen molar-refractivity contribution < 1.29 is 35.1 Å². The van der Waals surface area contributed by atoms with Gasteiger partial charge < -0.3 is 18.9 Å². The maximum atomic E-state index is 10.4. The lowest BCUT2D eigenvalue weighted by atomic mass is 9.95. The van der Waals surface area contributed by atoms with Gasteiger partial charge in [0.2, 0.25) is 22.1 Å². The van der Waals surface area contributed by atoms with Crippen molar-refractivity contribution in [3.8, 4) is 22.3 Å². The number of pyridine rings is 2. The molecule has 2 aromatic heterocycles. The molecule has 8 aromatic carbocycles. The number of aryl methyl sites for hydroxylation is 2. The molecule has 0 saturated heterocycles. The quantitative estimate of drug-likeness (QED) is 0.0637. The van der Waals surface area contributed by atoms with Crippen LogP contribution in [0, 0.1) is 6.92 Å². The fourth-order valence-electron chi connectivity index (χ4n) is 8.44. The Hall–Kier alpha value is -7.74. The van der Waals surface area contributed by atoms with Crippen LogP contribution in [0.2, 0.25) is 0 Å². The lowest BCUT2D eigenvalue weighted by Gasteiger charge is -2.15. The molecule has 0 spiro atoms. The van der Waals surface area contributed by atoms with E-state index < -0.39 is 20.2 Å². The molecule has 0 aliphatic heterocycles. The summed E-state index contributed by atoms with van der Waals surface area (Å²) in [7, 11) is 1.90. The van der Waals surface area contributed by atoms with Gasteiger partial charge in [-0.25, -0.2) is 16.8 Å². The van der Waals surface area contributed by atoms with E-state index in [-0.39, 0.29) is 9.79 Å². The molecule has 0 radical (unpaired) electrons. The van der Waals surface area contributed by atoms with Crippen LogP contribution in [0.4, 0.5) is 11.4 Å². The van der Waals surface area contributed by atoms with Crippen LogP contribution in [0.25, 0.3) is 65.9 Å². The fourth-order valence-corrected chi connectivity index (χ4v) is 9.40. The Morgan fingerprint density at radius 3 is 1.11 bits per heavy atom. The molecule has 0 unspecified atom stereocenters. The largest absolute Gasteiger partial charge is 0.744 e. The van der Waals surface area contributed by atoms with Crippen molar-refractivity contribution >= 4 is 75.2 Å². The predicted molar refractivity (Wildman–Crippen MR) is 288 cm³/mol. The van der Waals surface area contributed by atoms with Crippen LogP contribution >= 0.6 is 0 Å². The minimum absolute atomic E-state index is 0.178. The number of fused-ring (bicyclic) bond motifs is 4. The summed E-state index contributed by atoms with van der Waals surface area (Å²) in [5, 5.41) is 5.11. The zero-order valence-corrected chi connectivity index (χ0v) is 42.2. The molecule has 10 aromatic rings. The SMILES string of the molecule is C=CC[n+]1c2ccccc2c(-c2ccc(N(C)C)cc2)c2ccccc21.CN(C)c1ccc(-c2c3ccccc3[n+](C)c3ccccc23)cc1.Cc1ccc(S(=O)(=O)[O-])cc1.O=S(=O)([O-])c1ccccc1. The van der Waals surface area contributed by atoms with E-state index in [9.17, 15) is 25.9 Å². The highest BCUT2D eigenvalue weighted by Crippen LogP contribution is 2.36. The number of benzene rings is 8. The van der Waals surface area contributed by atoms with E-state index in [2.05, 4.69) is 206 Å². The Balaban J connectivity index is 0.000000151. The average molecular weight is 981 g/mol. The van der Waals surface area contributed by atoms with Gasteiger partial charge in [0.05, 0.1) is 31.3 Å². The first-order valence-electron chi connectivity index (χ1n) is 22.8. The highest BCUT2D eigenvalue weighted by atomic mass is 32.2. The third-order valence-corrected chi connectivity index (χ3v) is 13.7. The Bertz CT molecular complexity index is 3580. The van der Waals surface area contributed by atoms with Gasteiger partial charge in [-0.2, -0.15) is 9.13 Å². The van der Waals surface area contributed by atoms with Crippen LogP contribution in [-0.2, 0) is 33.8 Å². The Morgan fingerprint density at radius 1 is 0.451 bits per heavy atom. The van der Waals surface area contributed by atoms with Gasteiger partial charge in [0.15, 0.2) is 6.54 Å². The number of aromatic nitrogens is 2. The molecule has 71 heavy (non-hydrogen) atoms. The molecule has 0 amide bonds. The molecule has 10 rings (SSSR count). The maximum absolute atomic E-state index is 10.4. The summed E-state index contributed by atoms with van der Waals surface area (Å²) in [4.78, 5) is 3.90. The lowest BCUT2D eigenvalue weighted by molar-refractivity contribution is -0.634. The van der Waals surface area contributed by atoms with Gasteiger partial charge in [-0.05, 0) is 96.9 Å². The molecular weight excluding hydrogens is 925 g/mol. The van der Waals surface area contributed by atoms with Gasteiger partial charge in [-0.3, -0.25) is 0 Å². The van der Waals surface area contributed by atoms with Gasteiger partial charge in [-0.15, -0.1) is 0 Å². The second kappa shape index (κ2) is 22.3. The summed E-state index contributed by atoms with van der Waals surface area (Å²) < 4.78 is 66.6. The Morgan fingerprint density at radius 2 is 0.775 bits per heavy atom. The van der Waals surface area contributed by atoms with E-state index in [1.54, 1.807) is 18.2 Å². The Kier molecular flexibility index (Phi) is 16.1. The van der Waals surface area contributed by atoms with Crippen molar-refractivity contribution in [1.82, 2.24) is 0 Å². The molecule has 0 saturated carbocycles. The molecule has 360 valence electrons. The van der Waals surface area contributed by atoms with Gasteiger partial charge >= 0.3 is 0 Å². The van der Waals surface area contributed by atoms with Crippen LogP contribution in [0.1, 0.15) is 5.56 Å². The molecule has 0 atom stereocenters. The van der Waals surface area contributed by atoms with Gasteiger partial charge in [-0.1, -0.05) is 115 Å². The van der Waals surface area contributed by atoms with Crippen LogP contribution < -0.4 is 18.9 Å².